The lowest BCUT2D eigenvalue weighted by Gasteiger charge is -2.32. The van der Waals surface area contributed by atoms with Crippen molar-refractivity contribution in [1.82, 2.24) is 19.7 Å². The number of aromatic nitrogens is 3. The van der Waals surface area contributed by atoms with Gasteiger partial charge in [-0.05, 0) is 36.8 Å². The summed E-state index contributed by atoms with van der Waals surface area (Å²) >= 11 is 0. The van der Waals surface area contributed by atoms with E-state index in [4.69, 9.17) is 5.10 Å². The Morgan fingerprint density at radius 2 is 1.78 bits per heavy atom. The van der Waals surface area contributed by atoms with E-state index in [9.17, 15) is 14.3 Å². The van der Waals surface area contributed by atoms with Crippen LogP contribution in [0.25, 0.3) is 11.3 Å². The molecule has 4 aromatic rings. The zero-order valence-electron chi connectivity index (χ0n) is 20.2. The molecule has 0 radical (unpaired) electrons. The molecule has 2 atom stereocenters. The van der Waals surface area contributed by atoms with Crippen molar-refractivity contribution in [2.75, 3.05) is 17.3 Å². The van der Waals surface area contributed by atoms with Crippen LogP contribution in [0.2, 0.25) is 0 Å². The zero-order valence-corrected chi connectivity index (χ0v) is 20.2. The lowest BCUT2D eigenvalue weighted by atomic mass is 10.1. The molecule has 4 heterocycles. The first-order chi connectivity index (χ1) is 17.9. The third kappa shape index (κ3) is 3.91. The number of guanidine groups is 1. The van der Waals surface area contributed by atoms with E-state index in [1.165, 1.54) is 11.0 Å². The van der Waals surface area contributed by atoms with Crippen molar-refractivity contribution in [3.8, 4) is 11.3 Å². The van der Waals surface area contributed by atoms with Crippen LogP contribution in [0.15, 0.2) is 77.8 Å². The van der Waals surface area contributed by atoms with Crippen molar-refractivity contribution in [1.29, 1.82) is 0 Å². The molecule has 186 valence electrons. The number of aliphatic hydroxyl groups excluding tert-OH is 1. The van der Waals surface area contributed by atoms with Crippen LogP contribution in [0.4, 0.5) is 21.7 Å². The van der Waals surface area contributed by atoms with E-state index in [1.807, 2.05) is 54.6 Å². The maximum absolute atomic E-state index is 13.6. The molecule has 0 spiro atoms. The minimum atomic E-state index is -0.935. The van der Waals surface area contributed by atoms with E-state index in [1.54, 1.807) is 35.7 Å². The van der Waals surface area contributed by atoms with Gasteiger partial charge in [-0.25, -0.2) is 14.7 Å². The van der Waals surface area contributed by atoms with Gasteiger partial charge in [0.25, 0.3) is 5.91 Å². The van der Waals surface area contributed by atoms with Crippen LogP contribution in [-0.4, -0.2) is 56.0 Å². The van der Waals surface area contributed by atoms with Crippen LogP contribution >= 0.6 is 0 Å². The summed E-state index contributed by atoms with van der Waals surface area (Å²) < 4.78 is 15.3. The van der Waals surface area contributed by atoms with E-state index >= 15 is 0 Å². The number of anilines is 3. The maximum atomic E-state index is 13.6. The first-order valence-corrected chi connectivity index (χ1v) is 11.9. The molecule has 6 rings (SSSR count). The number of pyridine rings is 1. The van der Waals surface area contributed by atoms with Crippen LogP contribution in [0.1, 0.15) is 22.8 Å². The summed E-state index contributed by atoms with van der Waals surface area (Å²) in [6.07, 6.45) is -0.935. The summed E-state index contributed by atoms with van der Waals surface area (Å²) in [6.45, 7) is 2.14. The Balaban J connectivity index is 1.41. The van der Waals surface area contributed by atoms with Crippen LogP contribution < -0.4 is 10.2 Å². The van der Waals surface area contributed by atoms with Gasteiger partial charge >= 0.3 is 0 Å². The van der Waals surface area contributed by atoms with Gasteiger partial charge in [0, 0.05) is 18.3 Å². The summed E-state index contributed by atoms with van der Waals surface area (Å²) in [5.74, 6) is 0.456. The van der Waals surface area contributed by atoms with E-state index in [-0.39, 0.29) is 5.91 Å². The lowest BCUT2D eigenvalue weighted by molar-refractivity contribution is 0.0861. The van der Waals surface area contributed by atoms with Gasteiger partial charge in [-0.3, -0.25) is 14.6 Å². The molecule has 1 unspecified atom stereocenters. The van der Waals surface area contributed by atoms with E-state index < -0.39 is 18.2 Å². The van der Waals surface area contributed by atoms with Gasteiger partial charge in [0.1, 0.15) is 11.4 Å². The van der Waals surface area contributed by atoms with Crippen LogP contribution in [0, 0.1) is 5.95 Å². The number of hydrogen-bond acceptors (Lipinski definition) is 7. The number of carbonyl (C=O) groups excluding carboxylic acids is 1. The molecular weight excluding hydrogens is 473 g/mol. The van der Waals surface area contributed by atoms with Crippen molar-refractivity contribution < 1.29 is 14.3 Å². The number of nitrogens with one attached hydrogen (secondary N) is 1. The summed E-state index contributed by atoms with van der Waals surface area (Å²) in [6, 6.07) is 21.4. The fourth-order valence-corrected chi connectivity index (χ4v) is 4.61. The van der Waals surface area contributed by atoms with Crippen molar-refractivity contribution >= 4 is 29.2 Å². The van der Waals surface area contributed by atoms with Crippen LogP contribution in [0.5, 0.6) is 0 Å². The van der Waals surface area contributed by atoms with Crippen molar-refractivity contribution in [3.05, 3.63) is 89.9 Å². The zero-order chi connectivity index (χ0) is 25.7. The quantitative estimate of drug-likeness (QED) is 0.407. The highest BCUT2D eigenvalue weighted by Gasteiger charge is 2.46. The van der Waals surface area contributed by atoms with E-state index in [0.29, 0.717) is 35.4 Å². The molecule has 0 bridgehead atoms. The SMILES string of the molecule is C[C@H]1N=C2N(C)C(=O)c3c(nn(Cc4ccc(-c5cccc(F)n5)cc4)c3Nc3ccccc3)N2C1O. The van der Waals surface area contributed by atoms with Crippen molar-refractivity contribution in [2.45, 2.75) is 25.7 Å². The Kier molecular flexibility index (Phi) is 5.45. The molecular formula is C27H24FN7O2. The highest BCUT2D eigenvalue weighted by Crippen LogP contribution is 2.38. The van der Waals surface area contributed by atoms with E-state index in [2.05, 4.69) is 15.3 Å². The molecule has 0 saturated heterocycles. The van der Waals surface area contributed by atoms with Crippen LogP contribution in [0.3, 0.4) is 0 Å². The predicted octanol–water partition coefficient (Wildman–Crippen LogP) is 3.84. The second-order valence-corrected chi connectivity index (χ2v) is 9.06. The van der Waals surface area contributed by atoms with Crippen LogP contribution in [-0.2, 0) is 6.54 Å². The average Bonchev–Trinajstić information content (AvgIpc) is 3.40. The molecule has 2 aromatic heterocycles. The fraction of sp³-hybridized carbons (Fsp3) is 0.185. The van der Waals surface area contributed by atoms with Gasteiger partial charge < -0.3 is 10.4 Å². The number of aliphatic hydroxyl groups is 1. The number of amides is 1. The largest absolute Gasteiger partial charge is 0.371 e. The number of rotatable bonds is 5. The number of para-hydroxylation sites is 1. The van der Waals surface area contributed by atoms with Gasteiger partial charge in [0.15, 0.2) is 12.0 Å². The third-order valence-electron chi connectivity index (χ3n) is 6.54. The maximum Gasteiger partial charge on any atom is 0.267 e. The third-order valence-corrected chi connectivity index (χ3v) is 6.54. The number of halogens is 1. The first kappa shape index (κ1) is 22.9. The molecule has 2 N–H and O–H groups in total. The Bertz CT molecular complexity index is 1520. The van der Waals surface area contributed by atoms with Gasteiger partial charge in [-0.1, -0.05) is 48.5 Å². The van der Waals surface area contributed by atoms with Gasteiger partial charge in [0.2, 0.25) is 11.9 Å². The number of hydrogen-bond donors (Lipinski definition) is 2. The Morgan fingerprint density at radius 3 is 2.51 bits per heavy atom. The molecule has 10 heteroatoms. The number of carbonyl (C=O) groups is 1. The van der Waals surface area contributed by atoms with Gasteiger partial charge in [0.05, 0.1) is 18.3 Å². The standard InChI is InChI=1S/C27H24FN7O2/c1-16-25(36)35-24-22(26(37)33(2)27(35)29-16)23(30-19-7-4-3-5-8-19)34(32-24)15-17-11-13-18(14-12-17)20-9-6-10-21(28)31-20/h3-14,16,25,30,36H,15H2,1-2H3/t16-,25?/m1/s1. The van der Waals surface area contributed by atoms with Crippen molar-refractivity contribution in [3.63, 3.8) is 0 Å². The second kappa shape index (κ2) is 8.82. The minimum Gasteiger partial charge on any atom is -0.371 e. The molecule has 1 amide bonds. The van der Waals surface area contributed by atoms with Crippen molar-refractivity contribution in [2.24, 2.45) is 4.99 Å². The Morgan fingerprint density at radius 1 is 1.03 bits per heavy atom. The topological polar surface area (TPSA) is 98.9 Å². The molecule has 37 heavy (non-hydrogen) atoms. The molecule has 0 aliphatic carbocycles. The second-order valence-electron chi connectivity index (χ2n) is 9.06. The fourth-order valence-electron chi connectivity index (χ4n) is 4.61. The number of benzene rings is 2. The average molecular weight is 498 g/mol. The smallest absolute Gasteiger partial charge is 0.267 e. The number of fused-ring (bicyclic) bond motifs is 3. The molecule has 0 fully saturated rings. The molecule has 9 nitrogen and oxygen atoms in total. The first-order valence-electron chi connectivity index (χ1n) is 11.9. The molecule has 2 aliphatic rings. The molecule has 2 aromatic carbocycles. The molecule has 2 aliphatic heterocycles. The van der Waals surface area contributed by atoms with Gasteiger partial charge in [-0.2, -0.15) is 9.49 Å². The summed E-state index contributed by atoms with van der Waals surface area (Å²) in [5, 5.41) is 19.0. The summed E-state index contributed by atoms with van der Waals surface area (Å²) in [7, 11) is 1.64. The lowest BCUT2D eigenvalue weighted by Crippen LogP contribution is -2.51. The Hall–Kier alpha value is -4.57. The van der Waals surface area contributed by atoms with E-state index in [0.717, 1.165) is 16.8 Å². The summed E-state index contributed by atoms with van der Waals surface area (Å²) in [5.41, 5.74) is 3.41. The highest BCUT2D eigenvalue weighted by atomic mass is 19.1. The number of aliphatic imine (C=N–C) groups is 1. The Labute approximate surface area is 212 Å². The molecule has 0 saturated carbocycles. The highest BCUT2D eigenvalue weighted by molar-refractivity contribution is 6.20. The predicted molar refractivity (Wildman–Crippen MR) is 138 cm³/mol. The minimum absolute atomic E-state index is 0.261. The van der Waals surface area contributed by atoms with Gasteiger partial charge in [-0.15, -0.1) is 0 Å². The normalized spacial score (nSPS) is 18.5. The monoisotopic (exact) mass is 497 g/mol. The number of nitrogens with zero attached hydrogens (tertiary/aromatic N) is 6. The summed E-state index contributed by atoms with van der Waals surface area (Å²) in [4.78, 5) is 24.9.